The van der Waals surface area contributed by atoms with Gasteiger partial charge in [0.2, 0.25) is 0 Å². The van der Waals surface area contributed by atoms with Crippen LogP contribution >= 0.6 is 0 Å². The van der Waals surface area contributed by atoms with Gasteiger partial charge in [-0.3, -0.25) is 10.2 Å². The summed E-state index contributed by atoms with van der Waals surface area (Å²) >= 11 is 0. The number of carbonyl (C=O) groups is 1. The van der Waals surface area contributed by atoms with Gasteiger partial charge in [0, 0.05) is 13.2 Å². The third-order valence-electron chi connectivity index (χ3n) is 2.01. The quantitative estimate of drug-likeness (QED) is 0.166. The standard InChI is InChI=1S/C9H20N4O3/c10-9(11)13-4-1-3-7(8(15)16)12-5-2-6-14/h7,12,14H,1-6H2,(H,15,16)(H4,10,11,13)/t7-/m0/s1. The van der Waals surface area contributed by atoms with E-state index in [0.29, 0.717) is 32.4 Å². The molecule has 0 aromatic carbocycles. The van der Waals surface area contributed by atoms with Crippen LogP contribution in [0.15, 0.2) is 0 Å². The lowest BCUT2D eigenvalue weighted by molar-refractivity contribution is -0.139. The van der Waals surface area contributed by atoms with Crippen molar-refractivity contribution >= 4 is 11.9 Å². The molecule has 0 amide bonds. The molecule has 0 aromatic heterocycles. The van der Waals surface area contributed by atoms with Crippen LogP contribution in [0.3, 0.4) is 0 Å². The molecule has 0 fully saturated rings. The van der Waals surface area contributed by atoms with Crippen molar-refractivity contribution in [2.24, 2.45) is 5.73 Å². The highest BCUT2D eigenvalue weighted by molar-refractivity contribution is 5.74. The zero-order chi connectivity index (χ0) is 12.4. The van der Waals surface area contributed by atoms with Gasteiger partial charge in [-0.1, -0.05) is 0 Å². The summed E-state index contributed by atoms with van der Waals surface area (Å²) in [6.45, 7) is 1.01. The molecular formula is C9H20N4O3. The van der Waals surface area contributed by atoms with Crippen molar-refractivity contribution < 1.29 is 15.0 Å². The largest absolute Gasteiger partial charge is 0.480 e. The SMILES string of the molecule is N=C(N)NCCC[C@H](NCCCO)C(=O)O. The average Bonchev–Trinajstić information content (AvgIpc) is 2.21. The summed E-state index contributed by atoms with van der Waals surface area (Å²) in [5.41, 5.74) is 5.08. The summed E-state index contributed by atoms with van der Waals surface area (Å²) in [6, 6.07) is -0.611. The Hall–Kier alpha value is -1.34. The lowest BCUT2D eigenvalue weighted by atomic mass is 10.1. The Balaban J connectivity index is 3.68. The minimum atomic E-state index is -0.902. The Kier molecular flexibility index (Phi) is 8.18. The molecule has 1 atom stereocenters. The molecule has 94 valence electrons. The summed E-state index contributed by atoms with van der Waals surface area (Å²) in [5.74, 6) is -1.01. The summed E-state index contributed by atoms with van der Waals surface area (Å²) in [5, 5.41) is 29.8. The fourth-order valence-corrected chi connectivity index (χ4v) is 1.20. The highest BCUT2D eigenvalue weighted by atomic mass is 16.4. The van der Waals surface area contributed by atoms with Gasteiger partial charge in [-0.15, -0.1) is 0 Å². The van der Waals surface area contributed by atoms with Crippen LogP contribution in [0.4, 0.5) is 0 Å². The van der Waals surface area contributed by atoms with Gasteiger partial charge in [0.05, 0.1) is 0 Å². The number of hydrogen-bond acceptors (Lipinski definition) is 4. The van der Waals surface area contributed by atoms with E-state index in [1.807, 2.05) is 0 Å². The lowest BCUT2D eigenvalue weighted by Gasteiger charge is -2.14. The number of carboxylic acids is 1. The second kappa shape index (κ2) is 8.93. The fraction of sp³-hybridized carbons (Fsp3) is 0.778. The summed E-state index contributed by atoms with van der Waals surface area (Å²) in [7, 11) is 0. The summed E-state index contributed by atoms with van der Waals surface area (Å²) in [6.07, 6.45) is 1.61. The van der Waals surface area contributed by atoms with Gasteiger partial charge in [-0.2, -0.15) is 0 Å². The van der Waals surface area contributed by atoms with E-state index in [9.17, 15) is 4.79 Å². The van der Waals surface area contributed by atoms with E-state index in [0.717, 1.165) is 0 Å². The van der Waals surface area contributed by atoms with Crippen molar-refractivity contribution in [2.75, 3.05) is 19.7 Å². The molecule has 7 N–H and O–H groups in total. The molecule has 0 aliphatic carbocycles. The molecule has 0 radical (unpaired) electrons. The van der Waals surface area contributed by atoms with E-state index in [2.05, 4.69) is 10.6 Å². The van der Waals surface area contributed by atoms with Gasteiger partial charge in [-0.25, -0.2) is 0 Å². The molecule has 16 heavy (non-hydrogen) atoms. The molecule has 7 nitrogen and oxygen atoms in total. The Bertz CT molecular complexity index is 223. The highest BCUT2D eigenvalue weighted by Crippen LogP contribution is 1.97. The number of nitrogens with two attached hydrogens (primary N) is 1. The van der Waals surface area contributed by atoms with Crippen molar-refractivity contribution in [3.05, 3.63) is 0 Å². The summed E-state index contributed by atoms with van der Waals surface area (Å²) in [4.78, 5) is 10.8. The van der Waals surface area contributed by atoms with Crippen molar-refractivity contribution in [2.45, 2.75) is 25.3 Å². The average molecular weight is 232 g/mol. The maximum absolute atomic E-state index is 10.8. The predicted molar refractivity (Wildman–Crippen MR) is 60.3 cm³/mol. The van der Waals surface area contributed by atoms with Crippen LogP contribution in [-0.4, -0.2) is 47.9 Å². The number of aliphatic hydroxyl groups excluding tert-OH is 1. The van der Waals surface area contributed by atoms with Crippen LogP contribution in [0.1, 0.15) is 19.3 Å². The van der Waals surface area contributed by atoms with E-state index in [4.69, 9.17) is 21.4 Å². The fourth-order valence-electron chi connectivity index (χ4n) is 1.20. The van der Waals surface area contributed by atoms with Crippen molar-refractivity contribution in [3.8, 4) is 0 Å². The molecule has 7 heteroatoms. The minimum Gasteiger partial charge on any atom is -0.480 e. The van der Waals surface area contributed by atoms with Crippen LogP contribution in [0.2, 0.25) is 0 Å². The number of carboxylic acid groups (broad SMARTS) is 1. The molecule has 0 heterocycles. The Morgan fingerprint density at radius 1 is 1.38 bits per heavy atom. The highest BCUT2D eigenvalue weighted by Gasteiger charge is 2.15. The number of nitrogens with one attached hydrogen (secondary N) is 3. The van der Waals surface area contributed by atoms with Crippen molar-refractivity contribution in [1.82, 2.24) is 10.6 Å². The molecule has 0 unspecified atom stereocenters. The molecule has 0 aromatic rings. The molecule has 0 saturated heterocycles. The number of hydrogen-bond donors (Lipinski definition) is 6. The Morgan fingerprint density at radius 3 is 2.56 bits per heavy atom. The third-order valence-corrected chi connectivity index (χ3v) is 2.01. The first-order valence-electron chi connectivity index (χ1n) is 5.23. The molecule has 0 aliphatic rings. The topological polar surface area (TPSA) is 131 Å². The van der Waals surface area contributed by atoms with Gasteiger partial charge < -0.3 is 26.6 Å². The van der Waals surface area contributed by atoms with Crippen molar-refractivity contribution in [3.63, 3.8) is 0 Å². The molecule has 0 bridgehead atoms. The number of guanidine groups is 1. The van der Waals surface area contributed by atoms with Gasteiger partial charge in [0.25, 0.3) is 0 Å². The van der Waals surface area contributed by atoms with Crippen LogP contribution in [0.5, 0.6) is 0 Å². The van der Waals surface area contributed by atoms with E-state index in [1.54, 1.807) is 0 Å². The monoisotopic (exact) mass is 232 g/mol. The van der Waals surface area contributed by atoms with Gasteiger partial charge in [0.15, 0.2) is 5.96 Å². The second-order valence-corrected chi connectivity index (χ2v) is 3.40. The minimum absolute atomic E-state index is 0.0469. The van der Waals surface area contributed by atoms with Gasteiger partial charge in [0.1, 0.15) is 6.04 Å². The van der Waals surface area contributed by atoms with E-state index in [1.165, 1.54) is 0 Å². The normalized spacial score (nSPS) is 12.1. The zero-order valence-corrected chi connectivity index (χ0v) is 9.20. The first-order chi connectivity index (χ1) is 7.57. The van der Waals surface area contributed by atoms with Gasteiger partial charge in [-0.05, 0) is 25.8 Å². The maximum atomic E-state index is 10.8. The number of aliphatic hydroxyl groups is 1. The smallest absolute Gasteiger partial charge is 0.320 e. The first kappa shape index (κ1) is 14.7. The second-order valence-electron chi connectivity index (χ2n) is 3.40. The molecule has 0 saturated carbocycles. The maximum Gasteiger partial charge on any atom is 0.320 e. The van der Waals surface area contributed by atoms with Crippen LogP contribution in [-0.2, 0) is 4.79 Å². The van der Waals surface area contributed by atoms with Crippen LogP contribution in [0, 0.1) is 5.41 Å². The molecule has 0 spiro atoms. The molecule has 0 rings (SSSR count). The number of rotatable bonds is 9. The zero-order valence-electron chi connectivity index (χ0n) is 9.20. The predicted octanol–water partition coefficient (Wildman–Crippen LogP) is -1.33. The van der Waals surface area contributed by atoms with Crippen LogP contribution in [0.25, 0.3) is 0 Å². The Labute approximate surface area is 94.5 Å². The first-order valence-corrected chi connectivity index (χ1v) is 5.23. The number of aliphatic carboxylic acids is 1. The van der Waals surface area contributed by atoms with Gasteiger partial charge >= 0.3 is 5.97 Å². The van der Waals surface area contributed by atoms with E-state index in [-0.39, 0.29) is 12.6 Å². The van der Waals surface area contributed by atoms with E-state index >= 15 is 0 Å². The van der Waals surface area contributed by atoms with Crippen LogP contribution < -0.4 is 16.4 Å². The van der Waals surface area contributed by atoms with Crippen molar-refractivity contribution in [1.29, 1.82) is 5.41 Å². The lowest BCUT2D eigenvalue weighted by Crippen LogP contribution is -2.38. The van der Waals surface area contributed by atoms with E-state index < -0.39 is 12.0 Å². The molecule has 0 aliphatic heterocycles. The molecular weight excluding hydrogens is 212 g/mol. The third kappa shape index (κ3) is 8.01. The Morgan fingerprint density at radius 2 is 2.06 bits per heavy atom. The summed E-state index contributed by atoms with van der Waals surface area (Å²) < 4.78 is 0.